The van der Waals surface area contributed by atoms with E-state index in [1.807, 2.05) is 73.6 Å². The molecular formula is C20H19N3O. The number of benzene rings is 2. The lowest BCUT2D eigenvalue weighted by Gasteiger charge is -2.11. The van der Waals surface area contributed by atoms with Crippen LogP contribution in [0.5, 0.6) is 0 Å². The Morgan fingerprint density at radius 2 is 1.88 bits per heavy atom. The van der Waals surface area contributed by atoms with Gasteiger partial charge in [0.2, 0.25) is 0 Å². The summed E-state index contributed by atoms with van der Waals surface area (Å²) in [7, 11) is 4.00. The standard InChI is InChI=1S/C20H19N3O/c1-23(2)17-11-9-15(10-12-17)6-5-13-21-20(24)19-14-16-7-3-4-8-18(16)22-19/h3-4,7-12,14,22H,13H2,1-2H3,(H,21,24). The molecule has 120 valence electrons. The summed E-state index contributed by atoms with van der Waals surface area (Å²) in [4.78, 5) is 17.3. The van der Waals surface area contributed by atoms with Crippen LogP contribution in [-0.2, 0) is 0 Å². The predicted molar refractivity (Wildman–Crippen MR) is 98.3 cm³/mol. The van der Waals surface area contributed by atoms with Gasteiger partial charge >= 0.3 is 0 Å². The normalized spacial score (nSPS) is 10.1. The molecule has 0 radical (unpaired) electrons. The Morgan fingerprint density at radius 1 is 1.12 bits per heavy atom. The van der Waals surface area contributed by atoms with E-state index in [1.54, 1.807) is 0 Å². The van der Waals surface area contributed by atoms with Crippen LogP contribution in [0.1, 0.15) is 16.1 Å². The summed E-state index contributed by atoms with van der Waals surface area (Å²) in [5.41, 5.74) is 3.57. The Bertz CT molecular complexity index is 878. The molecule has 1 amide bonds. The number of hydrogen-bond donors (Lipinski definition) is 2. The highest BCUT2D eigenvalue weighted by Crippen LogP contribution is 2.14. The summed E-state index contributed by atoms with van der Waals surface area (Å²) >= 11 is 0. The van der Waals surface area contributed by atoms with Gasteiger partial charge in [0.25, 0.3) is 5.91 Å². The Kier molecular flexibility index (Phi) is 4.53. The molecule has 0 aliphatic rings. The molecule has 1 aromatic heterocycles. The van der Waals surface area contributed by atoms with Crippen molar-refractivity contribution in [3.63, 3.8) is 0 Å². The maximum Gasteiger partial charge on any atom is 0.268 e. The lowest BCUT2D eigenvalue weighted by Crippen LogP contribution is -2.23. The molecule has 0 aliphatic heterocycles. The van der Waals surface area contributed by atoms with Crippen LogP contribution in [-0.4, -0.2) is 31.5 Å². The molecule has 0 spiro atoms. The summed E-state index contributed by atoms with van der Waals surface area (Å²) in [6.07, 6.45) is 0. The fourth-order valence-corrected chi connectivity index (χ4v) is 2.40. The molecule has 3 rings (SSSR count). The molecule has 0 atom stereocenters. The SMILES string of the molecule is CN(C)c1ccc(C#CCNC(=O)c2cc3ccccc3[nH]2)cc1. The second kappa shape index (κ2) is 6.93. The highest BCUT2D eigenvalue weighted by Gasteiger charge is 2.07. The summed E-state index contributed by atoms with van der Waals surface area (Å²) in [6.45, 7) is 0.309. The zero-order valence-corrected chi connectivity index (χ0v) is 13.8. The molecule has 1 heterocycles. The average Bonchev–Trinajstić information content (AvgIpc) is 3.03. The summed E-state index contributed by atoms with van der Waals surface area (Å²) in [5, 5.41) is 3.83. The third-order valence-corrected chi connectivity index (χ3v) is 3.73. The minimum atomic E-state index is -0.150. The number of para-hydroxylation sites is 1. The number of anilines is 1. The molecule has 0 unspecified atom stereocenters. The van der Waals surface area contributed by atoms with E-state index >= 15 is 0 Å². The molecule has 0 saturated carbocycles. The molecule has 0 saturated heterocycles. The number of amides is 1. The van der Waals surface area contributed by atoms with Gasteiger partial charge in [-0.3, -0.25) is 4.79 Å². The monoisotopic (exact) mass is 317 g/mol. The van der Waals surface area contributed by atoms with Gasteiger partial charge in [0, 0.05) is 36.2 Å². The largest absolute Gasteiger partial charge is 0.378 e. The van der Waals surface area contributed by atoms with Gasteiger partial charge in [-0.1, -0.05) is 30.0 Å². The van der Waals surface area contributed by atoms with E-state index in [0.717, 1.165) is 22.2 Å². The van der Waals surface area contributed by atoms with Crippen molar-refractivity contribution in [2.75, 3.05) is 25.5 Å². The van der Waals surface area contributed by atoms with Crippen LogP contribution in [0.2, 0.25) is 0 Å². The van der Waals surface area contributed by atoms with Crippen molar-refractivity contribution in [1.82, 2.24) is 10.3 Å². The van der Waals surface area contributed by atoms with E-state index in [0.29, 0.717) is 12.2 Å². The van der Waals surface area contributed by atoms with Gasteiger partial charge in [-0.15, -0.1) is 0 Å². The smallest absolute Gasteiger partial charge is 0.268 e. The van der Waals surface area contributed by atoms with E-state index in [-0.39, 0.29) is 5.91 Å². The lowest BCUT2D eigenvalue weighted by molar-refractivity contribution is 0.0954. The number of nitrogens with zero attached hydrogens (tertiary/aromatic N) is 1. The fraction of sp³-hybridized carbons (Fsp3) is 0.150. The van der Waals surface area contributed by atoms with Crippen molar-refractivity contribution in [2.45, 2.75) is 0 Å². The topological polar surface area (TPSA) is 48.1 Å². The van der Waals surface area contributed by atoms with Crippen LogP contribution in [0.15, 0.2) is 54.6 Å². The highest BCUT2D eigenvalue weighted by atomic mass is 16.1. The quantitative estimate of drug-likeness (QED) is 0.730. The molecule has 0 bridgehead atoms. The number of rotatable bonds is 3. The van der Waals surface area contributed by atoms with Gasteiger partial charge in [-0.2, -0.15) is 0 Å². The maximum atomic E-state index is 12.1. The van der Waals surface area contributed by atoms with E-state index in [4.69, 9.17) is 0 Å². The first-order valence-corrected chi connectivity index (χ1v) is 7.76. The lowest BCUT2D eigenvalue weighted by atomic mass is 10.2. The summed E-state index contributed by atoms with van der Waals surface area (Å²) < 4.78 is 0. The number of nitrogens with one attached hydrogen (secondary N) is 2. The van der Waals surface area contributed by atoms with Crippen LogP contribution >= 0.6 is 0 Å². The Morgan fingerprint density at radius 3 is 2.58 bits per heavy atom. The van der Waals surface area contributed by atoms with Gasteiger partial charge in [0.15, 0.2) is 0 Å². The number of fused-ring (bicyclic) bond motifs is 1. The highest BCUT2D eigenvalue weighted by molar-refractivity contribution is 5.98. The molecule has 0 fully saturated rings. The van der Waals surface area contributed by atoms with Gasteiger partial charge in [-0.25, -0.2) is 0 Å². The minimum Gasteiger partial charge on any atom is -0.378 e. The zero-order chi connectivity index (χ0) is 16.9. The molecule has 0 aliphatic carbocycles. The fourth-order valence-electron chi connectivity index (χ4n) is 2.40. The average molecular weight is 317 g/mol. The molecular weight excluding hydrogens is 298 g/mol. The number of H-pyrrole nitrogens is 1. The van der Waals surface area contributed by atoms with Crippen LogP contribution < -0.4 is 10.2 Å². The van der Waals surface area contributed by atoms with E-state index in [9.17, 15) is 4.79 Å². The van der Waals surface area contributed by atoms with Gasteiger partial charge < -0.3 is 15.2 Å². The van der Waals surface area contributed by atoms with Crippen molar-refractivity contribution in [1.29, 1.82) is 0 Å². The van der Waals surface area contributed by atoms with Crippen molar-refractivity contribution >= 4 is 22.5 Å². The number of aromatic amines is 1. The van der Waals surface area contributed by atoms with Gasteiger partial charge in [-0.05, 0) is 36.4 Å². The van der Waals surface area contributed by atoms with E-state index < -0.39 is 0 Å². The third-order valence-electron chi connectivity index (χ3n) is 3.73. The van der Waals surface area contributed by atoms with Crippen LogP contribution in [0.3, 0.4) is 0 Å². The van der Waals surface area contributed by atoms with Crippen LogP contribution in [0.4, 0.5) is 5.69 Å². The molecule has 4 nitrogen and oxygen atoms in total. The Balaban J connectivity index is 1.59. The van der Waals surface area contributed by atoms with Crippen LogP contribution in [0.25, 0.3) is 10.9 Å². The van der Waals surface area contributed by atoms with Crippen molar-refractivity contribution < 1.29 is 4.79 Å². The number of aromatic nitrogens is 1. The molecule has 3 aromatic rings. The van der Waals surface area contributed by atoms with Gasteiger partial charge in [0.1, 0.15) is 5.69 Å². The van der Waals surface area contributed by atoms with Crippen molar-refractivity contribution in [3.05, 3.63) is 65.9 Å². The van der Waals surface area contributed by atoms with E-state index in [1.165, 1.54) is 0 Å². The van der Waals surface area contributed by atoms with E-state index in [2.05, 4.69) is 22.1 Å². The third kappa shape index (κ3) is 3.58. The number of carbonyl (C=O) groups excluding carboxylic acids is 1. The second-order valence-electron chi connectivity index (χ2n) is 5.70. The van der Waals surface area contributed by atoms with Crippen LogP contribution in [0, 0.1) is 11.8 Å². The number of carbonyl (C=O) groups is 1. The molecule has 4 heteroatoms. The van der Waals surface area contributed by atoms with Crippen molar-refractivity contribution in [2.24, 2.45) is 0 Å². The first-order chi connectivity index (χ1) is 11.6. The summed E-state index contributed by atoms with van der Waals surface area (Å²) in [5.74, 6) is 5.88. The predicted octanol–water partition coefficient (Wildman–Crippen LogP) is 3.02. The van der Waals surface area contributed by atoms with Gasteiger partial charge in [0.05, 0.1) is 6.54 Å². The second-order valence-corrected chi connectivity index (χ2v) is 5.70. The number of hydrogen-bond acceptors (Lipinski definition) is 2. The molecule has 24 heavy (non-hydrogen) atoms. The summed E-state index contributed by atoms with van der Waals surface area (Å²) in [6, 6.07) is 17.6. The molecule has 2 N–H and O–H groups in total. The Labute approximate surface area is 141 Å². The van der Waals surface area contributed by atoms with Crippen molar-refractivity contribution in [3.8, 4) is 11.8 Å². The zero-order valence-electron chi connectivity index (χ0n) is 13.8. The first kappa shape index (κ1) is 15.7. The molecule has 2 aromatic carbocycles. The Hall–Kier alpha value is -3.19. The maximum absolute atomic E-state index is 12.1. The first-order valence-electron chi connectivity index (χ1n) is 7.76. The minimum absolute atomic E-state index is 0.150.